The minimum atomic E-state index is -0.383. The van der Waals surface area contributed by atoms with Crippen LogP contribution in [0.5, 0.6) is 0 Å². The van der Waals surface area contributed by atoms with E-state index < -0.39 is 0 Å². The van der Waals surface area contributed by atoms with E-state index in [-0.39, 0.29) is 18.2 Å². The Hall–Kier alpha value is -2.26. The van der Waals surface area contributed by atoms with Crippen LogP contribution in [0.3, 0.4) is 0 Å². The first kappa shape index (κ1) is 17.6. The van der Waals surface area contributed by atoms with Crippen LogP contribution in [0.2, 0.25) is 5.02 Å². The molecule has 1 aliphatic rings. The lowest BCUT2D eigenvalue weighted by atomic mass is 9.91. The molecule has 3 rings (SSSR count). The molecule has 4 heteroatoms. The minimum Gasteiger partial charge on any atom is -0.477 e. The van der Waals surface area contributed by atoms with E-state index in [1.54, 1.807) is 4.90 Å². The zero-order chi connectivity index (χ0) is 18.0. The van der Waals surface area contributed by atoms with Gasteiger partial charge in [-0.25, -0.2) is 0 Å². The highest BCUT2D eigenvalue weighted by Crippen LogP contribution is 2.32. The van der Waals surface area contributed by atoms with Gasteiger partial charge in [-0.2, -0.15) is 0 Å². The molecule has 2 aromatic rings. The number of carbonyl (C=O) groups excluding carboxylic acids is 1. The summed E-state index contributed by atoms with van der Waals surface area (Å²) in [5, 5.41) is 0.712. The van der Waals surface area contributed by atoms with Gasteiger partial charge in [0.1, 0.15) is 5.76 Å². The van der Waals surface area contributed by atoms with Crippen molar-refractivity contribution in [3.05, 3.63) is 76.5 Å². The van der Waals surface area contributed by atoms with E-state index >= 15 is 0 Å². The maximum Gasteiger partial charge on any atom is 0.260 e. The number of halogens is 1. The van der Waals surface area contributed by atoms with Gasteiger partial charge >= 0.3 is 0 Å². The van der Waals surface area contributed by atoms with Gasteiger partial charge in [-0.1, -0.05) is 54.1 Å². The van der Waals surface area contributed by atoms with E-state index in [9.17, 15) is 4.79 Å². The summed E-state index contributed by atoms with van der Waals surface area (Å²) in [7, 11) is 0. The van der Waals surface area contributed by atoms with Crippen molar-refractivity contribution >= 4 is 23.1 Å². The van der Waals surface area contributed by atoms with E-state index in [2.05, 4.69) is 13.8 Å². The van der Waals surface area contributed by atoms with Crippen molar-refractivity contribution in [3.63, 3.8) is 0 Å². The first-order valence-corrected chi connectivity index (χ1v) is 8.72. The van der Waals surface area contributed by atoms with Gasteiger partial charge in [0.2, 0.25) is 0 Å². The number of hydrogen-bond donors (Lipinski definition) is 0. The lowest BCUT2D eigenvalue weighted by Gasteiger charge is -2.41. The number of carbonyl (C=O) groups is 1. The highest BCUT2D eigenvalue weighted by molar-refractivity contribution is 6.30. The van der Waals surface area contributed by atoms with Gasteiger partial charge in [0.15, 0.2) is 6.73 Å². The predicted molar refractivity (Wildman–Crippen MR) is 101 cm³/mol. The summed E-state index contributed by atoms with van der Waals surface area (Å²) in [6.07, 6.45) is 0.723. The number of benzene rings is 2. The molecule has 0 saturated heterocycles. The second-order valence-corrected chi connectivity index (χ2v) is 7.36. The Morgan fingerprint density at radius 1 is 1.08 bits per heavy atom. The summed E-state index contributed by atoms with van der Waals surface area (Å²) in [5.74, 6) is 0.684. The molecule has 0 unspecified atom stereocenters. The van der Waals surface area contributed by atoms with Gasteiger partial charge in [0.05, 0.1) is 5.57 Å². The summed E-state index contributed by atoms with van der Waals surface area (Å²) in [6, 6.07) is 17.4. The molecule has 0 spiro atoms. The Morgan fingerprint density at radius 3 is 2.36 bits per heavy atom. The molecule has 0 saturated carbocycles. The van der Waals surface area contributed by atoms with Crippen LogP contribution in [0.4, 0.5) is 0 Å². The largest absolute Gasteiger partial charge is 0.477 e. The van der Waals surface area contributed by atoms with Gasteiger partial charge < -0.3 is 4.74 Å². The Bertz CT molecular complexity index is 794. The van der Waals surface area contributed by atoms with Crippen LogP contribution >= 0.6 is 11.6 Å². The van der Waals surface area contributed by atoms with Crippen LogP contribution in [0.1, 0.15) is 31.9 Å². The van der Waals surface area contributed by atoms with Crippen LogP contribution in [-0.4, -0.2) is 23.1 Å². The maximum atomic E-state index is 13.2. The molecule has 25 heavy (non-hydrogen) atoms. The van der Waals surface area contributed by atoms with Crippen molar-refractivity contribution in [2.75, 3.05) is 6.73 Å². The molecule has 130 valence electrons. The van der Waals surface area contributed by atoms with Crippen molar-refractivity contribution in [2.45, 2.75) is 32.7 Å². The molecular formula is C21H22ClNO2. The Kier molecular flexibility index (Phi) is 4.87. The lowest BCUT2D eigenvalue weighted by molar-refractivity contribution is -0.138. The molecule has 1 amide bonds. The van der Waals surface area contributed by atoms with Crippen molar-refractivity contribution in [1.82, 2.24) is 4.90 Å². The summed E-state index contributed by atoms with van der Waals surface area (Å²) in [5.41, 5.74) is 2.27. The van der Waals surface area contributed by atoms with Gasteiger partial charge in [0.25, 0.3) is 5.91 Å². The number of rotatable bonds is 4. The zero-order valence-electron chi connectivity index (χ0n) is 14.8. The molecule has 2 aromatic carbocycles. The summed E-state index contributed by atoms with van der Waals surface area (Å²) < 4.78 is 5.83. The van der Waals surface area contributed by atoms with Crippen molar-refractivity contribution < 1.29 is 9.53 Å². The normalized spacial score (nSPS) is 15.4. The van der Waals surface area contributed by atoms with Crippen molar-refractivity contribution in [1.29, 1.82) is 0 Å². The minimum absolute atomic E-state index is 0.00825. The Labute approximate surface area is 153 Å². The van der Waals surface area contributed by atoms with Crippen LogP contribution in [0.25, 0.3) is 5.57 Å². The van der Waals surface area contributed by atoms with Crippen LogP contribution in [-0.2, 0) is 16.0 Å². The standard InChI is InChI=1S/C21H22ClNO2/c1-15-19(17-7-5-4-6-8-17)20(24)23(14-25-15)21(2,3)13-16-9-11-18(22)12-10-16/h4-12H,13-14H2,1-3H3. The smallest absolute Gasteiger partial charge is 0.260 e. The maximum absolute atomic E-state index is 13.2. The third kappa shape index (κ3) is 3.72. The third-order valence-electron chi connectivity index (χ3n) is 4.56. The molecule has 1 heterocycles. The fourth-order valence-electron chi connectivity index (χ4n) is 3.16. The van der Waals surface area contributed by atoms with E-state index in [0.29, 0.717) is 16.4 Å². The molecule has 0 atom stereocenters. The molecular weight excluding hydrogens is 334 g/mol. The van der Waals surface area contributed by atoms with Gasteiger partial charge in [-0.15, -0.1) is 0 Å². The average molecular weight is 356 g/mol. The fraction of sp³-hybridized carbons (Fsp3) is 0.286. The van der Waals surface area contributed by atoms with Gasteiger partial charge in [0, 0.05) is 10.6 Å². The van der Waals surface area contributed by atoms with E-state index in [0.717, 1.165) is 17.5 Å². The van der Waals surface area contributed by atoms with Crippen molar-refractivity contribution in [2.24, 2.45) is 0 Å². The van der Waals surface area contributed by atoms with Crippen LogP contribution in [0.15, 0.2) is 60.4 Å². The van der Waals surface area contributed by atoms with Gasteiger partial charge in [-0.3, -0.25) is 9.69 Å². The molecule has 3 nitrogen and oxygen atoms in total. The van der Waals surface area contributed by atoms with E-state index in [1.165, 1.54) is 0 Å². The molecule has 0 bridgehead atoms. The molecule has 0 fully saturated rings. The number of nitrogens with zero attached hydrogens (tertiary/aromatic N) is 1. The molecule has 0 aliphatic carbocycles. The quantitative estimate of drug-likeness (QED) is 0.780. The number of hydrogen-bond acceptors (Lipinski definition) is 2. The SMILES string of the molecule is CC1=C(c2ccccc2)C(=O)N(C(C)(C)Cc2ccc(Cl)cc2)CO1. The monoisotopic (exact) mass is 355 g/mol. The number of ether oxygens (including phenoxy) is 1. The highest BCUT2D eigenvalue weighted by atomic mass is 35.5. The predicted octanol–water partition coefficient (Wildman–Crippen LogP) is 4.91. The third-order valence-corrected chi connectivity index (χ3v) is 4.82. The molecule has 0 N–H and O–H groups in total. The van der Waals surface area contributed by atoms with E-state index in [4.69, 9.17) is 16.3 Å². The second-order valence-electron chi connectivity index (χ2n) is 6.92. The lowest BCUT2D eigenvalue weighted by Crippen LogP contribution is -2.52. The topological polar surface area (TPSA) is 29.5 Å². The molecule has 0 aromatic heterocycles. The van der Waals surface area contributed by atoms with Crippen molar-refractivity contribution in [3.8, 4) is 0 Å². The second kappa shape index (κ2) is 6.93. The highest BCUT2D eigenvalue weighted by Gasteiger charge is 2.37. The van der Waals surface area contributed by atoms with Crippen LogP contribution in [0, 0.1) is 0 Å². The number of amides is 1. The summed E-state index contributed by atoms with van der Waals surface area (Å²) in [4.78, 5) is 15.0. The van der Waals surface area contributed by atoms with Gasteiger partial charge in [-0.05, 0) is 50.5 Å². The number of allylic oxidation sites excluding steroid dienone is 1. The molecule has 0 radical (unpaired) electrons. The van der Waals surface area contributed by atoms with E-state index in [1.807, 2.05) is 61.5 Å². The fourth-order valence-corrected chi connectivity index (χ4v) is 3.28. The Balaban J connectivity index is 1.87. The van der Waals surface area contributed by atoms with Crippen LogP contribution < -0.4 is 0 Å². The average Bonchev–Trinajstić information content (AvgIpc) is 2.57. The Morgan fingerprint density at radius 2 is 1.72 bits per heavy atom. The summed E-state index contributed by atoms with van der Waals surface area (Å²) >= 11 is 5.97. The first-order chi connectivity index (χ1) is 11.9. The summed E-state index contributed by atoms with van der Waals surface area (Å²) in [6.45, 7) is 6.24. The molecule has 1 aliphatic heterocycles. The zero-order valence-corrected chi connectivity index (χ0v) is 15.5. The first-order valence-electron chi connectivity index (χ1n) is 8.34.